The summed E-state index contributed by atoms with van der Waals surface area (Å²) in [5.41, 5.74) is 2.15. The molecule has 0 aromatic heterocycles. The largest absolute Gasteiger partial charge is 0.485 e. The summed E-state index contributed by atoms with van der Waals surface area (Å²) in [7, 11) is 0. The number of halogens is 3. The van der Waals surface area contributed by atoms with Crippen LogP contribution >= 0.6 is 47.8 Å². The van der Waals surface area contributed by atoms with E-state index in [4.69, 9.17) is 4.74 Å². The normalized spacial score (nSPS) is 10.4. The fourth-order valence-electron chi connectivity index (χ4n) is 1.64. The molecular formula is C14H10Br3O. The van der Waals surface area contributed by atoms with Gasteiger partial charge in [-0.3, -0.25) is 0 Å². The Morgan fingerprint density at radius 1 is 0.944 bits per heavy atom. The van der Waals surface area contributed by atoms with Crippen LogP contribution in [-0.4, -0.2) is 0 Å². The molecule has 0 unspecified atom stereocenters. The minimum Gasteiger partial charge on any atom is -0.485 e. The van der Waals surface area contributed by atoms with E-state index in [-0.39, 0.29) is 0 Å². The zero-order valence-corrected chi connectivity index (χ0v) is 14.3. The Morgan fingerprint density at radius 3 is 2.22 bits per heavy atom. The second kappa shape index (κ2) is 6.22. The van der Waals surface area contributed by atoms with E-state index in [1.807, 2.05) is 31.2 Å². The highest BCUT2D eigenvalue weighted by Crippen LogP contribution is 2.39. The van der Waals surface area contributed by atoms with Crippen molar-refractivity contribution in [1.29, 1.82) is 0 Å². The second-order valence-electron chi connectivity index (χ2n) is 3.62. The summed E-state index contributed by atoms with van der Waals surface area (Å²) in [6.07, 6.45) is 0. The van der Waals surface area contributed by atoms with Crippen molar-refractivity contribution >= 4 is 47.8 Å². The molecule has 4 heteroatoms. The van der Waals surface area contributed by atoms with Crippen LogP contribution in [0.3, 0.4) is 0 Å². The highest BCUT2D eigenvalue weighted by Gasteiger charge is 2.11. The van der Waals surface area contributed by atoms with E-state index >= 15 is 0 Å². The Bertz CT molecular complexity index is 550. The molecule has 0 saturated heterocycles. The van der Waals surface area contributed by atoms with Gasteiger partial charge in [0.1, 0.15) is 12.4 Å². The Hall–Kier alpha value is -0.320. The van der Waals surface area contributed by atoms with Gasteiger partial charge in [-0.05, 0) is 52.7 Å². The minimum absolute atomic E-state index is 0.822. The van der Waals surface area contributed by atoms with Crippen LogP contribution in [0.15, 0.2) is 49.8 Å². The third-order valence-electron chi connectivity index (χ3n) is 2.40. The van der Waals surface area contributed by atoms with Crippen LogP contribution in [0.25, 0.3) is 11.1 Å². The van der Waals surface area contributed by atoms with Crippen LogP contribution in [-0.2, 0) is 0 Å². The summed E-state index contributed by atoms with van der Waals surface area (Å²) in [4.78, 5) is 0. The number of ether oxygens (including phenoxy) is 1. The Balaban J connectivity index is 2.57. The molecule has 0 saturated carbocycles. The average Bonchev–Trinajstić information content (AvgIpc) is 2.33. The fourth-order valence-corrected chi connectivity index (χ4v) is 3.22. The van der Waals surface area contributed by atoms with Gasteiger partial charge >= 0.3 is 0 Å². The van der Waals surface area contributed by atoms with Crippen LogP contribution < -0.4 is 4.74 Å². The van der Waals surface area contributed by atoms with Crippen molar-refractivity contribution in [2.24, 2.45) is 0 Å². The predicted molar refractivity (Wildman–Crippen MR) is 85.6 cm³/mol. The van der Waals surface area contributed by atoms with Gasteiger partial charge in [0.05, 0.1) is 4.47 Å². The van der Waals surface area contributed by atoms with E-state index in [1.54, 1.807) is 6.61 Å². The average molecular weight is 434 g/mol. The summed E-state index contributed by atoms with van der Waals surface area (Å²) < 4.78 is 8.60. The number of hydrogen-bond acceptors (Lipinski definition) is 1. The smallest absolute Gasteiger partial charge is 0.141 e. The quantitative estimate of drug-likeness (QED) is 0.559. The molecule has 18 heavy (non-hydrogen) atoms. The van der Waals surface area contributed by atoms with Crippen molar-refractivity contribution < 1.29 is 4.74 Å². The fraction of sp³-hybridized carbons (Fsp3) is 0.0714. The third-order valence-corrected chi connectivity index (χ3v) is 3.97. The maximum absolute atomic E-state index is 5.60. The lowest BCUT2D eigenvalue weighted by atomic mass is 10.0. The highest BCUT2D eigenvalue weighted by molar-refractivity contribution is 9.11. The summed E-state index contributed by atoms with van der Waals surface area (Å²) in [5, 5.41) is 0. The van der Waals surface area contributed by atoms with Gasteiger partial charge in [-0.1, -0.05) is 44.0 Å². The highest BCUT2D eigenvalue weighted by atomic mass is 79.9. The van der Waals surface area contributed by atoms with Gasteiger partial charge < -0.3 is 4.74 Å². The van der Waals surface area contributed by atoms with E-state index in [2.05, 4.69) is 59.9 Å². The summed E-state index contributed by atoms with van der Waals surface area (Å²) in [6, 6.07) is 12.2. The molecule has 2 aromatic rings. The molecule has 0 bridgehead atoms. The van der Waals surface area contributed by atoms with Gasteiger partial charge in [0, 0.05) is 14.5 Å². The lowest BCUT2D eigenvalue weighted by molar-refractivity contribution is 0.415. The van der Waals surface area contributed by atoms with Gasteiger partial charge in [-0.15, -0.1) is 0 Å². The third kappa shape index (κ3) is 3.16. The van der Waals surface area contributed by atoms with E-state index in [0.717, 1.165) is 30.3 Å². The molecule has 0 heterocycles. The van der Waals surface area contributed by atoms with E-state index in [9.17, 15) is 0 Å². The van der Waals surface area contributed by atoms with E-state index < -0.39 is 0 Å². The lowest BCUT2D eigenvalue weighted by Crippen LogP contribution is -1.91. The van der Waals surface area contributed by atoms with Crippen molar-refractivity contribution in [3.63, 3.8) is 0 Å². The van der Waals surface area contributed by atoms with Crippen LogP contribution in [0.4, 0.5) is 0 Å². The summed E-state index contributed by atoms with van der Waals surface area (Å²) in [6.45, 7) is 3.54. The molecule has 93 valence electrons. The van der Waals surface area contributed by atoms with E-state index in [0.29, 0.717) is 0 Å². The van der Waals surface area contributed by atoms with E-state index in [1.165, 1.54) is 0 Å². The van der Waals surface area contributed by atoms with Crippen LogP contribution in [0.2, 0.25) is 0 Å². The van der Waals surface area contributed by atoms with Crippen molar-refractivity contribution in [2.75, 3.05) is 0 Å². The molecule has 0 amide bonds. The summed E-state index contributed by atoms with van der Waals surface area (Å²) in [5.74, 6) is 0.822. The maximum Gasteiger partial charge on any atom is 0.141 e. The molecule has 0 aliphatic rings. The van der Waals surface area contributed by atoms with Crippen LogP contribution in [0.1, 0.15) is 6.92 Å². The first-order valence-corrected chi connectivity index (χ1v) is 7.69. The minimum atomic E-state index is 0.822. The molecule has 0 aliphatic heterocycles. The Morgan fingerprint density at radius 2 is 1.61 bits per heavy atom. The van der Waals surface area contributed by atoms with Crippen molar-refractivity contribution in [2.45, 2.75) is 6.92 Å². The van der Waals surface area contributed by atoms with Crippen molar-refractivity contribution in [3.8, 4) is 16.9 Å². The predicted octanol–water partition coefficient (Wildman–Crippen LogP) is 6.20. The first kappa shape index (κ1) is 14.1. The summed E-state index contributed by atoms with van der Waals surface area (Å²) >= 11 is 10.5. The number of rotatable bonds is 3. The second-order valence-corrected chi connectivity index (χ2v) is 6.31. The Kier molecular flexibility index (Phi) is 4.87. The number of hydrogen-bond donors (Lipinski definition) is 0. The lowest BCUT2D eigenvalue weighted by Gasteiger charge is -2.13. The molecular weight excluding hydrogens is 424 g/mol. The monoisotopic (exact) mass is 431 g/mol. The molecule has 2 aromatic carbocycles. The first-order chi connectivity index (χ1) is 8.61. The zero-order chi connectivity index (χ0) is 13.1. The molecule has 0 atom stereocenters. The van der Waals surface area contributed by atoms with Gasteiger partial charge in [-0.2, -0.15) is 0 Å². The van der Waals surface area contributed by atoms with Gasteiger partial charge in [-0.25, -0.2) is 0 Å². The van der Waals surface area contributed by atoms with Crippen molar-refractivity contribution in [3.05, 3.63) is 56.4 Å². The molecule has 0 aliphatic carbocycles. The zero-order valence-electron chi connectivity index (χ0n) is 9.58. The molecule has 0 fully saturated rings. The van der Waals surface area contributed by atoms with Gasteiger partial charge in [0.2, 0.25) is 0 Å². The van der Waals surface area contributed by atoms with Gasteiger partial charge in [0.25, 0.3) is 0 Å². The van der Waals surface area contributed by atoms with Crippen LogP contribution in [0.5, 0.6) is 5.75 Å². The SMILES string of the molecule is C[CH]Oc1c(Br)cc(Br)cc1-c1ccc(Br)cc1. The molecule has 1 radical (unpaired) electrons. The topological polar surface area (TPSA) is 9.23 Å². The Labute approximate surface area is 132 Å². The van der Waals surface area contributed by atoms with Crippen LogP contribution in [0, 0.1) is 6.61 Å². The maximum atomic E-state index is 5.60. The van der Waals surface area contributed by atoms with Gasteiger partial charge in [0.15, 0.2) is 0 Å². The first-order valence-electron chi connectivity index (χ1n) is 5.31. The standard InChI is InChI=1S/C14H10Br3O/c1-2-18-14-12(7-11(16)8-13(14)17)9-3-5-10(15)6-4-9/h2-8H,1H3. The molecule has 2 rings (SSSR count). The number of benzene rings is 2. The van der Waals surface area contributed by atoms with Crippen molar-refractivity contribution in [1.82, 2.24) is 0 Å². The molecule has 0 N–H and O–H groups in total. The molecule has 0 spiro atoms. The molecule has 1 nitrogen and oxygen atoms in total.